The van der Waals surface area contributed by atoms with Gasteiger partial charge in [-0.3, -0.25) is 0 Å². The number of aliphatic hydroxyl groups excluding tert-OH is 1. The summed E-state index contributed by atoms with van der Waals surface area (Å²) in [5, 5.41) is 8.54. The van der Waals surface area contributed by atoms with Crippen molar-refractivity contribution in [3.8, 4) is 11.8 Å². The van der Waals surface area contributed by atoms with Gasteiger partial charge in [-0.15, -0.1) is 11.8 Å². The predicted octanol–water partition coefficient (Wildman–Crippen LogP) is 1.45. The maximum Gasteiger partial charge on any atom is 0.0701 e. The lowest BCUT2D eigenvalue weighted by Crippen LogP contribution is -2.09. The number of hydrogen-bond donors (Lipinski definition) is 1. The third-order valence-corrected chi connectivity index (χ3v) is 3.76. The van der Waals surface area contributed by atoms with Gasteiger partial charge >= 0.3 is 0 Å². The smallest absolute Gasteiger partial charge is 0.0701 e. The van der Waals surface area contributed by atoms with Crippen LogP contribution in [0, 0.1) is 29.6 Å². The van der Waals surface area contributed by atoms with Gasteiger partial charge in [-0.25, -0.2) is 0 Å². The normalized spacial score (nSPS) is 30.8. The lowest BCUT2D eigenvalue weighted by molar-refractivity contribution is 0.0281. The quantitative estimate of drug-likeness (QED) is 0.539. The zero-order valence-corrected chi connectivity index (χ0v) is 10.4. The fraction of sp³-hybridized carbons (Fsp3) is 0.857. The lowest BCUT2D eigenvalue weighted by atomic mass is 10.1. The molecule has 17 heavy (non-hydrogen) atoms. The second-order valence-electron chi connectivity index (χ2n) is 4.83. The summed E-state index contributed by atoms with van der Waals surface area (Å²) >= 11 is 0. The summed E-state index contributed by atoms with van der Waals surface area (Å²) in [7, 11) is 0. The molecular weight excluding hydrogens is 216 g/mol. The van der Waals surface area contributed by atoms with Crippen molar-refractivity contribution in [3.05, 3.63) is 0 Å². The van der Waals surface area contributed by atoms with Crippen LogP contribution >= 0.6 is 0 Å². The molecule has 2 rings (SSSR count). The van der Waals surface area contributed by atoms with Crippen molar-refractivity contribution in [1.29, 1.82) is 0 Å². The number of aliphatic hydroxyl groups is 1. The first-order valence-corrected chi connectivity index (χ1v) is 6.65. The van der Waals surface area contributed by atoms with Crippen molar-refractivity contribution in [2.75, 3.05) is 33.0 Å². The van der Waals surface area contributed by atoms with Gasteiger partial charge in [0.2, 0.25) is 0 Å². The molecular formula is C14H22O3. The third kappa shape index (κ3) is 3.99. The molecule has 0 aliphatic heterocycles. The number of rotatable bonds is 7. The van der Waals surface area contributed by atoms with Crippen LogP contribution in [0.4, 0.5) is 0 Å². The van der Waals surface area contributed by atoms with Crippen LogP contribution in [-0.4, -0.2) is 38.1 Å². The van der Waals surface area contributed by atoms with E-state index in [1.807, 2.05) is 0 Å². The first kappa shape index (κ1) is 12.9. The van der Waals surface area contributed by atoms with E-state index in [1.165, 1.54) is 12.8 Å². The van der Waals surface area contributed by atoms with Crippen LogP contribution in [0.2, 0.25) is 0 Å². The molecule has 0 aromatic carbocycles. The molecule has 0 bridgehead atoms. The Kier molecular flexibility index (Phi) is 5.31. The molecule has 0 spiro atoms. The van der Waals surface area contributed by atoms with Crippen LogP contribution in [-0.2, 0) is 9.47 Å². The summed E-state index contributed by atoms with van der Waals surface area (Å²) in [4.78, 5) is 0. The summed E-state index contributed by atoms with van der Waals surface area (Å²) < 4.78 is 10.8. The second-order valence-corrected chi connectivity index (χ2v) is 4.83. The highest BCUT2D eigenvalue weighted by Gasteiger charge is 2.48. The summed E-state index contributed by atoms with van der Waals surface area (Å²) in [5.74, 6) is 8.93. The lowest BCUT2D eigenvalue weighted by Gasteiger charge is -2.04. The molecule has 0 amide bonds. The molecule has 96 valence electrons. The average molecular weight is 238 g/mol. The van der Waals surface area contributed by atoms with E-state index in [0.29, 0.717) is 19.8 Å². The van der Waals surface area contributed by atoms with Crippen LogP contribution in [0.15, 0.2) is 0 Å². The largest absolute Gasteiger partial charge is 0.394 e. The second kappa shape index (κ2) is 7.00. The maximum atomic E-state index is 8.54. The third-order valence-electron chi connectivity index (χ3n) is 3.76. The number of hydrogen-bond acceptors (Lipinski definition) is 3. The van der Waals surface area contributed by atoms with Gasteiger partial charge in [0.15, 0.2) is 0 Å². The number of ether oxygens (including phenoxy) is 2. The molecule has 0 heterocycles. The van der Waals surface area contributed by atoms with Crippen LogP contribution in [0.25, 0.3) is 0 Å². The molecule has 0 aromatic rings. The molecule has 1 N–H and O–H groups in total. The van der Waals surface area contributed by atoms with E-state index >= 15 is 0 Å². The molecule has 0 radical (unpaired) electrons. The minimum atomic E-state index is 0.0901. The topological polar surface area (TPSA) is 38.7 Å². The molecule has 2 atom stereocenters. The van der Waals surface area contributed by atoms with Crippen molar-refractivity contribution < 1.29 is 14.6 Å². The first-order chi connectivity index (χ1) is 8.43. The van der Waals surface area contributed by atoms with Crippen LogP contribution in [0.3, 0.4) is 0 Å². The molecule has 1 fully saturated rings. The van der Waals surface area contributed by atoms with E-state index < -0.39 is 0 Å². The summed E-state index contributed by atoms with van der Waals surface area (Å²) in [6, 6.07) is 0. The Labute approximate surface area is 103 Å². The minimum Gasteiger partial charge on any atom is -0.394 e. The standard InChI is InChI=1S/C14H22O3/c15-7-8-16-9-10-17-11-14-12-5-3-1-2-4-6-13(12)14/h12-15H,3-11H2. The molecule has 1 saturated carbocycles. The van der Waals surface area contributed by atoms with Gasteiger partial charge in [0.05, 0.1) is 33.0 Å². The Hall–Kier alpha value is -0.560. The molecule has 3 nitrogen and oxygen atoms in total. The molecule has 2 aliphatic carbocycles. The molecule has 2 aliphatic rings. The maximum absolute atomic E-state index is 8.54. The van der Waals surface area contributed by atoms with Crippen LogP contribution in [0.1, 0.15) is 25.7 Å². The SMILES string of the molecule is OCCOCCOCC1C2CCC#CCCC21. The van der Waals surface area contributed by atoms with Crippen molar-refractivity contribution in [2.45, 2.75) is 25.7 Å². The fourth-order valence-electron chi connectivity index (χ4n) is 2.79. The van der Waals surface area contributed by atoms with Crippen molar-refractivity contribution in [1.82, 2.24) is 0 Å². The van der Waals surface area contributed by atoms with Gasteiger partial charge in [-0.1, -0.05) is 0 Å². The van der Waals surface area contributed by atoms with Gasteiger partial charge in [-0.05, 0) is 30.6 Å². The molecule has 2 unspecified atom stereocenters. The Balaban J connectivity index is 1.53. The van der Waals surface area contributed by atoms with Gasteiger partial charge < -0.3 is 14.6 Å². The summed E-state index contributed by atoms with van der Waals surface area (Å²) in [6.07, 6.45) is 4.65. The monoisotopic (exact) mass is 238 g/mol. The Bertz CT molecular complexity index is 261. The summed E-state index contributed by atoms with van der Waals surface area (Å²) in [6.45, 7) is 2.61. The van der Waals surface area contributed by atoms with E-state index in [9.17, 15) is 0 Å². The highest BCUT2D eigenvalue weighted by Crippen LogP contribution is 2.52. The average Bonchev–Trinajstić information content (AvgIpc) is 2.93. The molecule has 0 saturated heterocycles. The highest BCUT2D eigenvalue weighted by molar-refractivity contribution is 5.07. The minimum absolute atomic E-state index is 0.0901. The fourth-order valence-corrected chi connectivity index (χ4v) is 2.79. The van der Waals surface area contributed by atoms with Crippen molar-refractivity contribution >= 4 is 0 Å². The molecule has 0 aromatic heterocycles. The van der Waals surface area contributed by atoms with Crippen LogP contribution in [0.5, 0.6) is 0 Å². The number of fused-ring (bicyclic) bond motifs is 1. The van der Waals surface area contributed by atoms with E-state index in [2.05, 4.69) is 11.8 Å². The van der Waals surface area contributed by atoms with Crippen molar-refractivity contribution in [2.24, 2.45) is 17.8 Å². The zero-order valence-electron chi connectivity index (χ0n) is 10.4. The van der Waals surface area contributed by atoms with Gasteiger partial charge in [0.25, 0.3) is 0 Å². The zero-order chi connectivity index (χ0) is 11.9. The molecule has 3 heteroatoms. The van der Waals surface area contributed by atoms with Gasteiger partial charge in [0, 0.05) is 12.8 Å². The van der Waals surface area contributed by atoms with Gasteiger partial charge in [0.1, 0.15) is 0 Å². The van der Waals surface area contributed by atoms with Gasteiger partial charge in [-0.2, -0.15) is 0 Å². The summed E-state index contributed by atoms with van der Waals surface area (Å²) in [5.41, 5.74) is 0. The van der Waals surface area contributed by atoms with E-state index in [1.54, 1.807) is 0 Å². The van der Waals surface area contributed by atoms with E-state index in [4.69, 9.17) is 14.6 Å². The highest BCUT2D eigenvalue weighted by atomic mass is 16.5. The van der Waals surface area contributed by atoms with Crippen LogP contribution < -0.4 is 0 Å². The Morgan fingerprint density at radius 2 is 1.59 bits per heavy atom. The predicted molar refractivity (Wildman–Crippen MR) is 65.4 cm³/mol. The van der Waals surface area contributed by atoms with Crippen molar-refractivity contribution in [3.63, 3.8) is 0 Å². The van der Waals surface area contributed by atoms with E-state index in [-0.39, 0.29) is 6.61 Å². The van der Waals surface area contributed by atoms with E-state index in [0.717, 1.165) is 37.2 Å². The Morgan fingerprint density at radius 1 is 0.941 bits per heavy atom. The first-order valence-electron chi connectivity index (χ1n) is 6.65. The Morgan fingerprint density at radius 3 is 2.24 bits per heavy atom.